The van der Waals surface area contributed by atoms with Gasteiger partial charge < -0.3 is 15.2 Å². The average Bonchev–Trinajstić information content (AvgIpc) is 2.38. The summed E-state index contributed by atoms with van der Waals surface area (Å²) in [4.78, 5) is 19.6. The number of anilines is 1. The van der Waals surface area contributed by atoms with Crippen molar-refractivity contribution >= 4 is 23.5 Å². The monoisotopic (exact) mass is 288 g/mol. The highest BCUT2D eigenvalue weighted by molar-refractivity contribution is 6.29. The van der Waals surface area contributed by atoms with Crippen LogP contribution in [0.5, 0.6) is 5.88 Å². The van der Waals surface area contributed by atoms with Crippen molar-refractivity contribution in [2.75, 3.05) is 26.1 Å². The van der Waals surface area contributed by atoms with Gasteiger partial charge in [0.15, 0.2) is 0 Å². The van der Waals surface area contributed by atoms with Gasteiger partial charge in [0.1, 0.15) is 5.15 Å². The van der Waals surface area contributed by atoms with Crippen molar-refractivity contribution in [2.45, 2.75) is 18.9 Å². The SMILES string of the molecule is COCCCC(N)C(=O)Nc1nc(Cl)cc(OC)n1. The highest BCUT2D eigenvalue weighted by atomic mass is 35.5. The van der Waals surface area contributed by atoms with Crippen LogP contribution in [0.4, 0.5) is 5.95 Å². The van der Waals surface area contributed by atoms with Gasteiger partial charge in [-0.05, 0) is 12.8 Å². The summed E-state index contributed by atoms with van der Waals surface area (Å²) in [7, 11) is 3.04. The van der Waals surface area contributed by atoms with Gasteiger partial charge in [0.05, 0.1) is 13.2 Å². The van der Waals surface area contributed by atoms with Crippen LogP contribution >= 0.6 is 11.6 Å². The fourth-order valence-corrected chi connectivity index (χ4v) is 1.51. The molecule has 19 heavy (non-hydrogen) atoms. The van der Waals surface area contributed by atoms with E-state index in [0.29, 0.717) is 19.4 Å². The van der Waals surface area contributed by atoms with Crippen LogP contribution < -0.4 is 15.8 Å². The first-order valence-corrected chi connectivity index (χ1v) is 6.08. The Hall–Kier alpha value is -1.44. The second kappa shape index (κ2) is 7.88. The van der Waals surface area contributed by atoms with Crippen LogP contribution in [0.2, 0.25) is 5.15 Å². The predicted octanol–water partition coefficient (Wildman–Crippen LogP) is 0.831. The van der Waals surface area contributed by atoms with E-state index in [2.05, 4.69) is 15.3 Å². The van der Waals surface area contributed by atoms with Crippen molar-refractivity contribution < 1.29 is 14.3 Å². The molecule has 7 nitrogen and oxygen atoms in total. The van der Waals surface area contributed by atoms with E-state index in [-0.39, 0.29) is 22.9 Å². The van der Waals surface area contributed by atoms with Crippen LogP contribution in [0, 0.1) is 0 Å². The number of nitrogens with two attached hydrogens (primary N) is 1. The lowest BCUT2D eigenvalue weighted by molar-refractivity contribution is -0.117. The lowest BCUT2D eigenvalue weighted by Gasteiger charge is -2.11. The van der Waals surface area contributed by atoms with Gasteiger partial charge in [-0.2, -0.15) is 4.98 Å². The third-order valence-corrected chi connectivity index (χ3v) is 2.51. The molecular weight excluding hydrogens is 272 g/mol. The maximum atomic E-state index is 11.8. The Labute approximate surface area is 116 Å². The number of carbonyl (C=O) groups is 1. The van der Waals surface area contributed by atoms with E-state index in [1.165, 1.54) is 13.2 Å². The molecule has 0 saturated heterocycles. The minimum absolute atomic E-state index is 0.0662. The molecule has 1 amide bonds. The number of rotatable bonds is 7. The number of amides is 1. The Morgan fingerprint density at radius 2 is 2.26 bits per heavy atom. The Balaban J connectivity index is 2.58. The first kappa shape index (κ1) is 15.6. The minimum Gasteiger partial charge on any atom is -0.481 e. The molecule has 1 rings (SSSR count). The van der Waals surface area contributed by atoms with E-state index < -0.39 is 6.04 Å². The molecule has 8 heteroatoms. The summed E-state index contributed by atoms with van der Waals surface area (Å²) in [6.45, 7) is 0.558. The van der Waals surface area contributed by atoms with E-state index in [0.717, 1.165) is 0 Å². The number of carbonyl (C=O) groups excluding carboxylic acids is 1. The Morgan fingerprint density at radius 3 is 2.89 bits per heavy atom. The Morgan fingerprint density at radius 1 is 1.53 bits per heavy atom. The van der Waals surface area contributed by atoms with Gasteiger partial charge in [-0.3, -0.25) is 10.1 Å². The van der Waals surface area contributed by atoms with Crippen LogP contribution in [0.1, 0.15) is 12.8 Å². The number of nitrogens with one attached hydrogen (secondary N) is 1. The molecule has 0 aromatic carbocycles. The van der Waals surface area contributed by atoms with Crippen molar-refractivity contribution in [1.82, 2.24) is 9.97 Å². The molecule has 0 radical (unpaired) electrons. The molecule has 0 aliphatic heterocycles. The summed E-state index contributed by atoms with van der Waals surface area (Å²) in [5, 5.41) is 2.67. The summed E-state index contributed by atoms with van der Waals surface area (Å²) in [5.74, 6) is -0.0415. The lowest BCUT2D eigenvalue weighted by Crippen LogP contribution is -2.36. The van der Waals surface area contributed by atoms with Crippen LogP contribution in [-0.2, 0) is 9.53 Å². The van der Waals surface area contributed by atoms with Crippen molar-refractivity contribution in [3.05, 3.63) is 11.2 Å². The lowest BCUT2D eigenvalue weighted by atomic mass is 10.1. The first-order valence-electron chi connectivity index (χ1n) is 5.70. The molecule has 0 fully saturated rings. The number of hydrogen-bond donors (Lipinski definition) is 2. The van der Waals surface area contributed by atoms with Gasteiger partial charge in [-0.1, -0.05) is 11.6 Å². The Bertz CT molecular complexity index is 430. The molecule has 1 aromatic rings. The third kappa shape index (κ3) is 5.37. The van der Waals surface area contributed by atoms with Crippen LogP contribution in [-0.4, -0.2) is 42.7 Å². The topological polar surface area (TPSA) is 99.4 Å². The van der Waals surface area contributed by atoms with E-state index >= 15 is 0 Å². The van der Waals surface area contributed by atoms with E-state index in [1.54, 1.807) is 7.11 Å². The fourth-order valence-electron chi connectivity index (χ4n) is 1.34. The van der Waals surface area contributed by atoms with Crippen molar-refractivity contribution in [2.24, 2.45) is 5.73 Å². The smallest absolute Gasteiger partial charge is 0.243 e. The second-order valence-corrected chi connectivity index (χ2v) is 4.17. The molecule has 1 atom stereocenters. The highest BCUT2D eigenvalue weighted by Crippen LogP contribution is 2.15. The maximum absolute atomic E-state index is 11.8. The van der Waals surface area contributed by atoms with Gasteiger partial charge in [0.25, 0.3) is 0 Å². The molecule has 0 spiro atoms. The van der Waals surface area contributed by atoms with Crippen LogP contribution in [0.25, 0.3) is 0 Å². The quantitative estimate of drug-likeness (QED) is 0.569. The van der Waals surface area contributed by atoms with Crippen molar-refractivity contribution in [3.8, 4) is 5.88 Å². The zero-order chi connectivity index (χ0) is 14.3. The zero-order valence-electron chi connectivity index (χ0n) is 10.9. The number of hydrogen-bond acceptors (Lipinski definition) is 6. The first-order chi connectivity index (χ1) is 9.06. The molecule has 0 saturated carbocycles. The summed E-state index contributed by atoms with van der Waals surface area (Å²) >= 11 is 5.76. The summed E-state index contributed by atoms with van der Waals surface area (Å²) in [6.07, 6.45) is 1.21. The molecular formula is C11H17ClN4O3. The number of aromatic nitrogens is 2. The van der Waals surface area contributed by atoms with Gasteiger partial charge in [-0.25, -0.2) is 4.98 Å². The largest absolute Gasteiger partial charge is 0.481 e. The normalized spacial score (nSPS) is 12.0. The predicted molar refractivity (Wildman–Crippen MR) is 71.3 cm³/mol. The number of nitrogens with zero attached hydrogens (tertiary/aromatic N) is 2. The fraction of sp³-hybridized carbons (Fsp3) is 0.545. The number of ether oxygens (including phenoxy) is 2. The summed E-state index contributed by atoms with van der Waals surface area (Å²) in [6, 6.07) is 0.791. The van der Waals surface area contributed by atoms with E-state index in [9.17, 15) is 4.79 Å². The zero-order valence-corrected chi connectivity index (χ0v) is 11.6. The van der Waals surface area contributed by atoms with Gasteiger partial charge in [0.2, 0.25) is 17.7 Å². The van der Waals surface area contributed by atoms with Crippen LogP contribution in [0.15, 0.2) is 6.07 Å². The van der Waals surface area contributed by atoms with E-state index in [4.69, 9.17) is 26.8 Å². The second-order valence-electron chi connectivity index (χ2n) is 3.79. The van der Waals surface area contributed by atoms with Gasteiger partial charge in [-0.15, -0.1) is 0 Å². The third-order valence-electron chi connectivity index (χ3n) is 2.32. The molecule has 1 heterocycles. The molecule has 106 valence electrons. The molecule has 0 aliphatic rings. The average molecular weight is 289 g/mol. The minimum atomic E-state index is -0.649. The maximum Gasteiger partial charge on any atom is 0.243 e. The Kier molecular flexibility index (Phi) is 6.48. The standard InChI is InChI=1S/C11H17ClN4O3/c1-18-5-3-4-7(13)10(17)16-11-14-8(12)6-9(15-11)19-2/h6-7H,3-5,13H2,1-2H3,(H,14,15,16,17). The molecule has 1 unspecified atom stereocenters. The summed E-state index contributed by atoms with van der Waals surface area (Å²) in [5.41, 5.74) is 5.73. The molecule has 0 aliphatic carbocycles. The van der Waals surface area contributed by atoms with Crippen molar-refractivity contribution in [1.29, 1.82) is 0 Å². The van der Waals surface area contributed by atoms with Crippen LogP contribution in [0.3, 0.4) is 0 Å². The molecule has 1 aromatic heterocycles. The highest BCUT2D eigenvalue weighted by Gasteiger charge is 2.15. The molecule has 3 N–H and O–H groups in total. The van der Waals surface area contributed by atoms with Gasteiger partial charge >= 0.3 is 0 Å². The summed E-state index contributed by atoms with van der Waals surface area (Å²) < 4.78 is 9.81. The van der Waals surface area contributed by atoms with E-state index in [1.807, 2.05) is 0 Å². The van der Waals surface area contributed by atoms with Gasteiger partial charge in [0, 0.05) is 19.8 Å². The van der Waals surface area contributed by atoms with Crippen molar-refractivity contribution in [3.63, 3.8) is 0 Å². The number of methoxy groups -OCH3 is 2. The molecule has 0 bridgehead atoms. The number of halogens is 1.